The molecule has 2 aromatic carbocycles. The van der Waals surface area contributed by atoms with Gasteiger partial charge in [0.1, 0.15) is 23.1 Å². The molecule has 198 valence electrons. The van der Waals surface area contributed by atoms with Gasteiger partial charge in [0.05, 0.1) is 6.04 Å². The standard InChI is InChI=1S/C29H32N4O4S/c1-3-27(35)33-12-11-21-9-10-23(17-24(21)28(33)22-7-5-4-6-8-22)37-18-26-30-25(19-38-26)29(36)32-15-13-31(14-16-32)20(2)34/h4-10,17,19,28H,3,11-16,18H2,1-2H3/t28-/m1/s1. The zero-order valence-electron chi connectivity index (χ0n) is 21.8. The summed E-state index contributed by atoms with van der Waals surface area (Å²) in [4.78, 5) is 47.2. The molecule has 9 heteroatoms. The lowest BCUT2D eigenvalue weighted by Crippen LogP contribution is -2.50. The molecule has 0 spiro atoms. The van der Waals surface area contributed by atoms with Gasteiger partial charge in [-0.25, -0.2) is 4.98 Å². The summed E-state index contributed by atoms with van der Waals surface area (Å²) in [6.45, 7) is 6.51. The number of carbonyl (C=O) groups is 3. The van der Waals surface area contributed by atoms with E-state index in [1.54, 1.807) is 22.1 Å². The second-order valence-electron chi connectivity index (χ2n) is 9.58. The summed E-state index contributed by atoms with van der Waals surface area (Å²) in [6.07, 6.45) is 1.27. The van der Waals surface area contributed by atoms with Crippen molar-refractivity contribution >= 4 is 29.1 Å². The zero-order valence-corrected chi connectivity index (χ0v) is 22.6. The number of nitrogens with zero attached hydrogens (tertiary/aromatic N) is 4. The van der Waals surface area contributed by atoms with E-state index in [0.717, 1.165) is 22.6 Å². The Morgan fingerprint density at radius 2 is 1.74 bits per heavy atom. The SMILES string of the molecule is CCC(=O)N1CCc2ccc(OCc3nc(C(=O)N4CCN(C(C)=O)CC4)cs3)cc2[C@H]1c1ccccc1. The molecule has 0 radical (unpaired) electrons. The molecule has 1 atom stereocenters. The van der Waals surface area contributed by atoms with Crippen molar-refractivity contribution in [1.82, 2.24) is 19.7 Å². The van der Waals surface area contributed by atoms with Crippen LogP contribution in [0.4, 0.5) is 0 Å². The minimum absolute atomic E-state index is 0.0344. The molecule has 8 nitrogen and oxygen atoms in total. The van der Waals surface area contributed by atoms with E-state index in [2.05, 4.69) is 23.2 Å². The van der Waals surface area contributed by atoms with Gasteiger partial charge >= 0.3 is 0 Å². The summed E-state index contributed by atoms with van der Waals surface area (Å²) in [7, 11) is 0. The number of amides is 3. The Morgan fingerprint density at radius 1 is 1.00 bits per heavy atom. The summed E-state index contributed by atoms with van der Waals surface area (Å²) in [5, 5.41) is 2.49. The van der Waals surface area contributed by atoms with Crippen LogP contribution in [0.3, 0.4) is 0 Å². The molecule has 38 heavy (non-hydrogen) atoms. The third-order valence-electron chi connectivity index (χ3n) is 7.23. The van der Waals surface area contributed by atoms with Crippen LogP contribution in [-0.4, -0.2) is 70.1 Å². The number of benzene rings is 2. The van der Waals surface area contributed by atoms with Crippen molar-refractivity contribution in [2.24, 2.45) is 0 Å². The fraction of sp³-hybridized carbons (Fsp3) is 0.379. The van der Waals surface area contributed by atoms with Crippen molar-refractivity contribution in [3.63, 3.8) is 0 Å². The number of aromatic nitrogens is 1. The Morgan fingerprint density at radius 3 is 2.45 bits per heavy atom. The number of hydrogen-bond donors (Lipinski definition) is 0. The number of fused-ring (bicyclic) bond motifs is 1. The summed E-state index contributed by atoms with van der Waals surface area (Å²) >= 11 is 1.40. The highest BCUT2D eigenvalue weighted by atomic mass is 32.1. The first-order valence-corrected chi connectivity index (χ1v) is 13.9. The van der Waals surface area contributed by atoms with Gasteiger partial charge in [0.15, 0.2) is 0 Å². The molecule has 0 bridgehead atoms. The van der Waals surface area contributed by atoms with Crippen molar-refractivity contribution in [2.75, 3.05) is 32.7 Å². The van der Waals surface area contributed by atoms with Gasteiger partial charge in [-0.15, -0.1) is 11.3 Å². The lowest BCUT2D eigenvalue weighted by Gasteiger charge is -2.38. The Hall–Kier alpha value is -3.72. The van der Waals surface area contributed by atoms with Gasteiger partial charge in [0.25, 0.3) is 5.91 Å². The second kappa shape index (κ2) is 11.3. The molecule has 2 aliphatic heterocycles. The number of ether oxygens (including phenoxy) is 1. The monoisotopic (exact) mass is 532 g/mol. The van der Waals surface area contributed by atoms with Crippen molar-refractivity contribution in [1.29, 1.82) is 0 Å². The van der Waals surface area contributed by atoms with Gasteiger partial charge in [0.2, 0.25) is 11.8 Å². The maximum atomic E-state index is 12.9. The Bertz CT molecular complexity index is 1320. The molecular weight excluding hydrogens is 500 g/mol. The van der Waals surface area contributed by atoms with E-state index in [0.29, 0.717) is 50.6 Å². The van der Waals surface area contributed by atoms with E-state index < -0.39 is 0 Å². The number of carbonyl (C=O) groups excluding carboxylic acids is 3. The summed E-state index contributed by atoms with van der Waals surface area (Å²) in [5.41, 5.74) is 3.80. The van der Waals surface area contributed by atoms with E-state index in [4.69, 9.17) is 4.74 Å². The maximum absolute atomic E-state index is 12.9. The first-order valence-electron chi connectivity index (χ1n) is 13.0. The fourth-order valence-electron chi connectivity index (χ4n) is 5.16. The first-order chi connectivity index (χ1) is 18.4. The van der Waals surface area contributed by atoms with Gasteiger partial charge in [-0.3, -0.25) is 14.4 Å². The van der Waals surface area contributed by atoms with E-state index >= 15 is 0 Å². The quantitative estimate of drug-likeness (QED) is 0.481. The lowest BCUT2D eigenvalue weighted by atomic mass is 9.87. The average Bonchev–Trinajstić information content (AvgIpc) is 3.44. The largest absolute Gasteiger partial charge is 0.486 e. The fourth-order valence-corrected chi connectivity index (χ4v) is 5.84. The van der Waals surface area contributed by atoms with Gasteiger partial charge in [-0.1, -0.05) is 43.3 Å². The van der Waals surface area contributed by atoms with E-state index in [1.165, 1.54) is 16.9 Å². The van der Waals surface area contributed by atoms with Crippen LogP contribution in [0.2, 0.25) is 0 Å². The third kappa shape index (κ3) is 5.43. The topological polar surface area (TPSA) is 83.1 Å². The van der Waals surface area contributed by atoms with Crippen LogP contribution >= 0.6 is 11.3 Å². The van der Waals surface area contributed by atoms with Crippen molar-refractivity contribution in [2.45, 2.75) is 39.3 Å². The molecule has 0 unspecified atom stereocenters. The number of thiazole rings is 1. The molecule has 1 fully saturated rings. The number of hydrogen-bond acceptors (Lipinski definition) is 6. The molecule has 0 aliphatic carbocycles. The third-order valence-corrected chi connectivity index (χ3v) is 8.05. The highest BCUT2D eigenvalue weighted by molar-refractivity contribution is 7.09. The average molecular weight is 533 g/mol. The summed E-state index contributed by atoms with van der Waals surface area (Å²) < 4.78 is 6.12. The van der Waals surface area contributed by atoms with Crippen LogP contribution in [0.25, 0.3) is 0 Å². The van der Waals surface area contributed by atoms with Crippen LogP contribution in [0.15, 0.2) is 53.9 Å². The van der Waals surface area contributed by atoms with Gasteiger partial charge in [-0.05, 0) is 35.2 Å². The normalized spacial score (nSPS) is 17.2. The maximum Gasteiger partial charge on any atom is 0.273 e. The molecule has 3 aromatic rings. The van der Waals surface area contributed by atoms with Crippen LogP contribution in [0.1, 0.15) is 58.5 Å². The Balaban J connectivity index is 1.28. The smallest absolute Gasteiger partial charge is 0.273 e. The van der Waals surface area contributed by atoms with Crippen molar-refractivity contribution in [3.05, 3.63) is 81.3 Å². The highest BCUT2D eigenvalue weighted by Gasteiger charge is 2.31. The van der Waals surface area contributed by atoms with Gasteiger partial charge in [0, 0.05) is 51.4 Å². The van der Waals surface area contributed by atoms with Crippen LogP contribution in [0, 0.1) is 0 Å². The minimum atomic E-state index is -0.150. The van der Waals surface area contributed by atoms with Crippen LogP contribution < -0.4 is 4.74 Å². The summed E-state index contributed by atoms with van der Waals surface area (Å²) in [5.74, 6) is 0.764. The predicted octanol–water partition coefficient (Wildman–Crippen LogP) is 3.91. The van der Waals surface area contributed by atoms with Crippen LogP contribution in [-0.2, 0) is 22.6 Å². The number of rotatable bonds is 6. The first kappa shape index (κ1) is 25.9. The molecule has 0 N–H and O–H groups in total. The van der Waals surface area contributed by atoms with E-state index in [9.17, 15) is 14.4 Å². The molecule has 2 aliphatic rings. The van der Waals surface area contributed by atoms with Crippen molar-refractivity contribution in [3.8, 4) is 5.75 Å². The molecule has 1 aromatic heterocycles. The Labute approximate surface area is 226 Å². The molecule has 3 amide bonds. The molecule has 5 rings (SSSR count). The predicted molar refractivity (Wildman–Crippen MR) is 145 cm³/mol. The van der Waals surface area contributed by atoms with Gasteiger partial charge in [-0.2, -0.15) is 0 Å². The molecule has 0 saturated carbocycles. The van der Waals surface area contributed by atoms with Crippen molar-refractivity contribution < 1.29 is 19.1 Å². The van der Waals surface area contributed by atoms with Crippen LogP contribution in [0.5, 0.6) is 5.75 Å². The lowest BCUT2D eigenvalue weighted by molar-refractivity contribution is -0.133. The summed E-state index contributed by atoms with van der Waals surface area (Å²) in [6, 6.07) is 16.1. The van der Waals surface area contributed by atoms with E-state index in [-0.39, 0.29) is 30.4 Å². The van der Waals surface area contributed by atoms with E-state index in [1.807, 2.05) is 42.2 Å². The molecule has 3 heterocycles. The Kier molecular flexibility index (Phi) is 7.74. The minimum Gasteiger partial charge on any atom is -0.486 e. The number of piperazine rings is 1. The zero-order chi connectivity index (χ0) is 26.6. The molecular formula is C29H32N4O4S. The second-order valence-corrected chi connectivity index (χ2v) is 10.5. The molecule has 1 saturated heterocycles. The highest BCUT2D eigenvalue weighted by Crippen LogP contribution is 2.37. The van der Waals surface area contributed by atoms with Gasteiger partial charge < -0.3 is 19.4 Å².